The Balaban J connectivity index is 2.94. The van der Waals surface area contributed by atoms with E-state index in [0.29, 0.717) is 6.61 Å². The number of carboxylic acid groups (broad SMARTS) is 1. The van der Waals surface area contributed by atoms with Crippen LogP contribution >= 0.6 is 0 Å². The molecule has 1 amide bonds. The van der Waals surface area contributed by atoms with Gasteiger partial charge in [0.15, 0.2) is 0 Å². The van der Waals surface area contributed by atoms with E-state index in [-0.39, 0.29) is 6.42 Å². The Hall–Kier alpha value is -2.04. The summed E-state index contributed by atoms with van der Waals surface area (Å²) >= 11 is 0. The molecule has 5 heteroatoms. The lowest BCUT2D eigenvalue weighted by Crippen LogP contribution is -2.32. The van der Waals surface area contributed by atoms with Crippen LogP contribution in [0.1, 0.15) is 54.5 Å². The molecule has 0 spiro atoms. The maximum absolute atomic E-state index is 11.8. The zero-order valence-electron chi connectivity index (χ0n) is 13.7. The molecule has 1 aromatic carbocycles. The van der Waals surface area contributed by atoms with E-state index in [9.17, 15) is 9.59 Å². The number of rotatable bonds is 7. The Bertz CT molecular complexity index is 516. The Morgan fingerprint density at radius 1 is 1.23 bits per heavy atom. The summed E-state index contributed by atoms with van der Waals surface area (Å²) in [7, 11) is 0. The summed E-state index contributed by atoms with van der Waals surface area (Å²) in [6, 6.07) is 3.38. The largest absolute Gasteiger partial charge is 0.481 e. The van der Waals surface area contributed by atoms with Crippen LogP contribution in [0.3, 0.4) is 0 Å². The minimum atomic E-state index is -0.960. The molecular weight excluding hydrogens is 282 g/mol. The van der Waals surface area contributed by atoms with Crippen molar-refractivity contribution in [3.05, 3.63) is 34.4 Å². The average molecular weight is 307 g/mol. The zero-order chi connectivity index (χ0) is 16.7. The molecule has 0 fully saturated rings. The van der Waals surface area contributed by atoms with Gasteiger partial charge < -0.3 is 15.2 Å². The fourth-order valence-corrected chi connectivity index (χ4v) is 2.63. The second-order valence-electron chi connectivity index (χ2n) is 5.60. The normalized spacial score (nSPS) is 11.8. The van der Waals surface area contributed by atoms with Crippen LogP contribution in [-0.4, -0.2) is 23.8 Å². The molecule has 0 aliphatic rings. The Labute approximate surface area is 131 Å². The molecule has 0 bridgehead atoms. The number of carboxylic acids is 1. The van der Waals surface area contributed by atoms with Crippen molar-refractivity contribution >= 4 is 12.1 Å². The molecule has 0 radical (unpaired) electrons. The smallest absolute Gasteiger partial charge is 0.407 e. The predicted molar refractivity (Wildman–Crippen MR) is 85.0 cm³/mol. The minimum Gasteiger partial charge on any atom is -0.481 e. The van der Waals surface area contributed by atoms with Crippen molar-refractivity contribution < 1.29 is 19.4 Å². The second kappa shape index (κ2) is 8.41. The Morgan fingerprint density at radius 3 is 2.32 bits per heavy atom. The van der Waals surface area contributed by atoms with Crippen molar-refractivity contribution in [2.45, 2.75) is 53.0 Å². The van der Waals surface area contributed by atoms with Crippen LogP contribution < -0.4 is 5.32 Å². The molecule has 1 atom stereocenters. The van der Waals surface area contributed by atoms with Gasteiger partial charge in [-0.3, -0.25) is 4.79 Å². The highest BCUT2D eigenvalue weighted by Crippen LogP contribution is 2.26. The molecule has 1 rings (SSSR count). The molecule has 5 nitrogen and oxygen atoms in total. The number of hydrogen-bond acceptors (Lipinski definition) is 3. The highest BCUT2D eigenvalue weighted by Gasteiger charge is 2.22. The number of alkyl carbamates (subject to hydrolysis) is 1. The average Bonchev–Trinajstić information content (AvgIpc) is 2.36. The van der Waals surface area contributed by atoms with E-state index in [1.54, 1.807) is 0 Å². The third-order valence-corrected chi connectivity index (χ3v) is 3.49. The van der Waals surface area contributed by atoms with E-state index in [1.807, 2.05) is 39.8 Å². The van der Waals surface area contributed by atoms with Crippen molar-refractivity contribution in [1.82, 2.24) is 5.32 Å². The number of hydrogen-bond donors (Lipinski definition) is 2. The van der Waals surface area contributed by atoms with E-state index in [1.165, 1.54) is 0 Å². The summed E-state index contributed by atoms with van der Waals surface area (Å²) in [5, 5.41) is 11.8. The molecule has 0 unspecified atom stereocenters. The zero-order valence-corrected chi connectivity index (χ0v) is 13.7. The van der Waals surface area contributed by atoms with Gasteiger partial charge in [0.1, 0.15) is 0 Å². The lowest BCUT2D eigenvalue weighted by molar-refractivity contribution is -0.137. The van der Waals surface area contributed by atoms with Crippen molar-refractivity contribution in [2.24, 2.45) is 0 Å². The van der Waals surface area contributed by atoms with E-state index >= 15 is 0 Å². The molecular formula is C17H25NO4. The van der Waals surface area contributed by atoms with E-state index in [4.69, 9.17) is 9.84 Å². The summed E-state index contributed by atoms with van der Waals surface area (Å²) in [6.07, 6.45) is 0.981. The van der Waals surface area contributed by atoms with Crippen LogP contribution in [0.5, 0.6) is 0 Å². The quantitative estimate of drug-likeness (QED) is 0.754. The van der Waals surface area contributed by atoms with Crippen molar-refractivity contribution in [3.63, 3.8) is 0 Å². The molecule has 0 aliphatic carbocycles. The lowest BCUT2D eigenvalue weighted by Gasteiger charge is -2.22. The topological polar surface area (TPSA) is 75.6 Å². The monoisotopic (exact) mass is 307 g/mol. The number of unbranched alkanes of at least 4 members (excludes halogenated alkanes) is 1. The van der Waals surface area contributed by atoms with Crippen LogP contribution in [0.25, 0.3) is 0 Å². The third-order valence-electron chi connectivity index (χ3n) is 3.49. The maximum atomic E-state index is 11.8. The first-order valence-electron chi connectivity index (χ1n) is 7.58. The predicted octanol–water partition coefficient (Wildman–Crippen LogP) is 3.65. The number of carbonyl (C=O) groups is 2. The number of nitrogens with one attached hydrogen (secondary N) is 1. The number of benzene rings is 1. The number of ether oxygens (including phenoxy) is 1. The first kappa shape index (κ1) is 18.0. The van der Waals surface area contributed by atoms with Crippen LogP contribution in [0.4, 0.5) is 4.79 Å². The van der Waals surface area contributed by atoms with Gasteiger partial charge in [-0.25, -0.2) is 4.79 Å². The van der Waals surface area contributed by atoms with Crippen molar-refractivity contribution in [3.8, 4) is 0 Å². The molecule has 22 heavy (non-hydrogen) atoms. The lowest BCUT2D eigenvalue weighted by atomic mass is 9.92. The van der Waals surface area contributed by atoms with Crippen LogP contribution in [0.15, 0.2) is 12.1 Å². The molecule has 0 heterocycles. The van der Waals surface area contributed by atoms with E-state index in [0.717, 1.165) is 35.1 Å². The summed E-state index contributed by atoms with van der Waals surface area (Å²) in [5.41, 5.74) is 3.90. The fourth-order valence-electron chi connectivity index (χ4n) is 2.63. The molecule has 0 aromatic heterocycles. The summed E-state index contributed by atoms with van der Waals surface area (Å²) in [6.45, 7) is 8.19. The standard InChI is InChI=1S/C17H25NO4/c1-5-6-7-22-17(21)18-14(10-15(19)20)16-12(3)8-11(2)9-13(16)4/h8-9,14H,5-7,10H2,1-4H3,(H,18,21)(H,19,20)/t14-/m0/s1. The minimum absolute atomic E-state index is 0.173. The van der Waals surface area contributed by atoms with Gasteiger partial charge in [-0.1, -0.05) is 31.0 Å². The van der Waals surface area contributed by atoms with Gasteiger partial charge in [0.05, 0.1) is 19.1 Å². The van der Waals surface area contributed by atoms with Gasteiger partial charge in [0, 0.05) is 0 Å². The summed E-state index contributed by atoms with van der Waals surface area (Å²) in [5.74, 6) is -0.960. The van der Waals surface area contributed by atoms with Gasteiger partial charge >= 0.3 is 12.1 Å². The number of aliphatic carboxylic acids is 1. The SMILES string of the molecule is CCCCOC(=O)N[C@@H](CC(=O)O)c1c(C)cc(C)cc1C. The molecule has 0 saturated carbocycles. The maximum Gasteiger partial charge on any atom is 0.407 e. The Kier molecular flexibility index (Phi) is 6.89. The van der Waals surface area contributed by atoms with E-state index in [2.05, 4.69) is 5.32 Å². The van der Waals surface area contributed by atoms with Crippen molar-refractivity contribution in [2.75, 3.05) is 6.61 Å². The van der Waals surface area contributed by atoms with Crippen molar-refractivity contribution in [1.29, 1.82) is 0 Å². The van der Waals surface area contributed by atoms with Crippen LogP contribution in [0.2, 0.25) is 0 Å². The highest BCUT2D eigenvalue weighted by molar-refractivity contribution is 5.72. The number of aryl methyl sites for hydroxylation is 3. The number of carbonyl (C=O) groups excluding carboxylic acids is 1. The molecule has 2 N–H and O–H groups in total. The second-order valence-corrected chi connectivity index (χ2v) is 5.60. The van der Waals surface area contributed by atoms with E-state index < -0.39 is 18.1 Å². The molecule has 0 saturated heterocycles. The molecule has 1 aromatic rings. The Morgan fingerprint density at radius 2 is 1.82 bits per heavy atom. The van der Waals surface area contributed by atoms with Crippen LogP contribution in [0, 0.1) is 20.8 Å². The van der Waals surface area contributed by atoms with Crippen LogP contribution in [-0.2, 0) is 9.53 Å². The first-order valence-corrected chi connectivity index (χ1v) is 7.58. The third kappa shape index (κ3) is 5.39. The van der Waals surface area contributed by atoms with Gasteiger partial charge in [-0.05, 0) is 43.9 Å². The van der Waals surface area contributed by atoms with Gasteiger partial charge in [0.25, 0.3) is 0 Å². The first-order chi connectivity index (χ1) is 10.3. The van der Waals surface area contributed by atoms with Gasteiger partial charge in [-0.15, -0.1) is 0 Å². The molecule has 122 valence electrons. The number of amides is 1. The fraction of sp³-hybridized carbons (Fsp3) is 0.529. The highest BCUT2D eigenvalue weighted by atomic mass is 16.5. The van der Waals surface area contributed by atoms with Gasteiger partial charge in [-0.2, -0.15) is 0 Å². The summed E-state index contributed by atoms with van der Waals surface area (Å²) < 4.78 is 5.08. The summed E-state index contributed by atoms with van der Waals surface area (Å²) in [4.78, 5) is 23.0. The van der Waals surface area contributed by atoms with Gasteiger partial charge in [0.2, 0.25) is 0 Å². The molecule has 0 aliphatic heterocycles.